The van der Waals surface area contributed by atoms with E-state index in [9.17, 15) is 0 Å². The Hall–Kier alpha value is -0.920. The number of hydrogen-bond donors (Lipinski definition) is 0. The van der Waals surface area contributed by atoms with Crippen molar-refractivity contribution < 1.29 is 0 Å². The summed E-state index contributed by atoms with van der Waals surface area (Å²) in [5.41, 5.74) is 2.27. The zero-order chi connectivity index (χ0) is 9.68. The molecule has 2 rings (SSSR count). The topological polar surface area (TPSA) is 25.8 Å². The van der Waals surface area contributed by atoms with Gasteiger partial charge in [0.2, 0.25) is 0 Å². The molecule has 0 spiro atoms. The molecule has 0 aliphatic heterocycles. The van der Waals surface area contributed by atoms with Crippen molar-refractivity contribution in [1.29, 1.82) is 0 Å². The normalized spacial score (nSPS) is 14.7. The van der Waals surface area contributed by atoms with E-state index in [1.807, 2.05) is 26.2 Å². The van der Waals surface area contributed by atoms with Crippen molar-refractivity contribution in [1.82, 2.24) is 9.97 Å². The van der Waals surface area contributed by atoms with Crippen LogP contribution in [0.3, 0.4) is 0 Å². The van der Waals surface area contributed by atoms with Crippen LogP contribution in [0, 0.1) is 0 Å². The minimum atomic E-state index is 0.730. The molecular weight excluding hydrogens is 160 g/mol. The molecule has 0 bridgehead atoms. The van der Waals surface area contributed by atoms with Gasteiger partial charge in [-0.15, -0.1) is 0 Å². The molecule has 1 aliphatic rings. The van der Waals surface area contributed by atoms with Gasteiger partial charge in [0.05, 0.1) is 11.4 Å². The predicted molar refractivity (Wildman–Crippen MR) is 54.7 cm³/mol. The van der Waals surface area contributed by atoms with Gasteiger partial charge in [0, 0.05) is 18.3 Å². The summed E-state index contributed by atoms with van der Waals surface area (Å²) < 4.78 is 0. The Kier molecular flexibility index (Phi) is 3.87. The highest BCUT2D eigenvalue weighted by molar-refractivity contribution is 5.12. The van der Waals surface area contributed by atoms with Gasteiger partial charge in [-0.3, -0.25) is 9.97 Å². The highest BCUT2D eigenvalue weighted by Crippen LogP contribution is 2.38. The van der Waals surface area contributed by atoms with E-state index < -0.39 is 0 Å². The number of rotatable bonds is 2. The lowest BCUT2D eigenvalue weighted by molar-refractivity contribution is 0.929. The molecule has 0 unspecified atom stereocenters. The molecule has 0 radical (unpaired) electrons. The van der Waals surface area contributed by atoms with Gasteiger partial charge in [-0.25, -0.2) is 0 Å². The lowest BCUT2D eigenvalue weighted by Gasteiger charge is -1.97. The average molecular weight is 178 g/mol. The minimum absolute atomic E-state index is 0.730. The Balaban J connectivity index is 0.000000396. The fourth-order valence-corrected chi connectivity index (χ4v) is 1.14. The summed E-state index contributed by atoms with van der Waals surface area (Å²) in [6.07, 6.45) is 7.42. The smallest absolute Gasteiger partial charge is 0.0617 e. The van der Waals surface area contributed by atoms with Crippen molar-refractivity contribution in [3.8, 4) is 0 Å². The lowest BCUT2D eigenvalue weighted by Crippen LogP contribution is -1.92. The van der Waals surface area contributed by atoms with E-state index in [1.165, 1.54) is 18.5 Å². The van der Waals surface area contributed by atoms with Crippen LogP contribution in [0.1, 0.15) is 50.9 Å². The van der Waals surface area contributed by atoms with Gasteiger partial charge in [-0.1, -0.05) is 20.8 Å². The van der Waals surface area contributed by atoms with Crippen LogP contribution in [-0.2, 0) is 6.42 Å². The molecule has 2 nitrogen and oxygen atoms in total. The summed E-state index contributed by atoms with van der Waals surface area (Å²) in [5, 5.41) is 0. The third-order valence-electron chi connectivity index (χ3n) is 2.08. The van der Waals surface area contributed by atoms with Gasteiger partial charge in [0.15, 0.2) is 0 Å². The predicted octanol–water partition coefficient (Wildman–Crippen LogP) is 2.94. The number of hydrogen-bond acceptors (Lipinski definition) is 2. The van der Waals surface area contributed by atoms with Crippen molar-refractivity contribution in [2.75, 3.05) is 0 Å². The van der Waals surface area contributed by atoms with Gasteiger partial charge in [0.25, 0.3) is 0 Å². The summed E-state index contributed by atoms with van der Waals surface area (Å²) in [4.78, 5) is 8.64. The van der Waals surface area contributed by atoms with Crippen LogP contribution in [0.15, 0.2) is 12.4 Å². The van der Waals surface area contributed by atoms with Crippen LogP contribution in [0.25, 0.3) is 0 Å². The molecule has 0 amide bonds. The van der Waals surface area contributed by atoms with E-state index in [0.717, 1.165) is 18.0 Å². The Morgan fingerprint density at radius 3 is 2.31 bits per heavy atom. The second kappa shape index (κ2) is 4.95. The molecule has 0 N–H and O–H groups in total. The van der Waals surface area contributed by atoms with Crippen molar-refractivity contribution in [2.24, 2.45) is 0 Å². The van der Waals surface area contributed by atoms with Crippen molar-refractivity contribution in [2.45, 2.75) is 46.0 Å². The highest BCUT2D eigenvalue weighted by Gasteiger charge is 2.24. The van der Waals surface area contributed by atoms with E-state index in [0.29, 0.717) is 0 Å². The number of nitrogens with zero attached hydrogens (tertiary/aromatic N) is 2. The molecule has 72 valence electrons. The van der Waals surface area contributed by atoms with E-state index >= 15 is 0 Å². The SMILES string of the molecule is CC.CCc1cnc(C2CC2)cn1. The second-order valence-electron chi connectivity index (χ2n) is 3.06. The minimum Gasteiger partial charge on any atom is -0.258 e. The molecule has 0 atom stereocenters. The largest absolute Gasteiger partial charge is 0.258 e. The summed E-state index contributed by atoms with van der Waals surface area (Å²) in [5.74, 6) is 0.730. The maximum Gasteiger partial charge on any atom is 0.0617 e. The highest BCUT2D eigenvalue weighted by atomic mass is 14.8. The number of aromatic nitrogens is 2. The van der Waals surface area contributed by atoms with Crippen LogP contribution in [-0.4, -0.2) is 9.97 Å². The van der Waals surface area contributed by atoms with E-state index in [-0.39, 0.29) is 0 Å². The van der Waals surface area contributed by atoms with Crippen molar-refractivity contribution >= 4 is 0 Å². The Morgan fingerprint density at radius 2 is 1.92 bits per heavy atom. The third kappa shape index (κ3) is 2.79. The molecule has 2 heteroatoms. The van der Waals surface area contributed by atoms with Crippen LogP contribution in [0.4, 0.5) is 0 Å². The van der Waals surface area contributed by atoms with Crippen LogP contribution in [0.5, 0.6) is 0 Å². The molecule has 0 aromatic carbocycles. The summed E-state index contributed by atoms with van der Waals surface area (Å²) >= 11 is 0. The fourth-order valence-electron chi connectivity index (χ4n) is 1.14. The zero-order valence-electron chi connectivity index (χ0n) is 8.75. The molecule has 13 heavy (non-hydrogen) atoms. The first kappa shape index (κ1) is 10.2. The first-order valence-electron chi connectivity index (χ1n) is 5.21. The molecular formula is C11H18N2. The lowest BCUT2D eigenvalue weighted by atomic mass is 10.3. The Morgan fingerprint density at radius 1 is 1.23 bits per heavy atom. The van der Waals surface area contributed by atoms with E-state index in [2.05, 4.69) is 16.9 Å². The van der Waals surface area contributed by atoms with Gasteiger partial charge >= 0.3 is 0 Å². The van der Waals surface area contributed by atoms with Gasteiger partial charge in [-0.2, -0.15) is 0 Å². The average Bonchev–Trinajstić information content (AvgIpc) is 3.05. The fraction of sp³-hybridized carbons (Fsp3) is 0.636. The van der Waals surface area contributed by atoms with E-state index in [4.69, 9.17) is 0 Å². The van der Waals surface area contributed by atoms with Crippen LogP contribution in [0.2, 0.25) is 0 Å². The molecule has 1 fully saturated rings. The standard InChI is InChI=1S/C9H12N2.C2H6/c1-2-8-5-11-9(6-10-8)7-3-4-7;1-2/h5-7H,2-4H2,1H3;1-2H3. The zero-order valence-corrected chi connectivity index (χ0v) is 8.75. The van der Waals surface area contributed by atoms with Crippen molar-refractivity contribution in [3.05, 3.63) is 23.8 Å². The van der Waals surface area contributed by atoms with Crippen molar-refractivity contribution in [3.63, 3.8) is 0 Å². The van der Waals surface area contributed by atoms with Gasteiger partial charge in [-0.05, 0) is 19.3 Å². The molecule has 0 saturated heterocycles. The summed E-state index contributed by atoms with van der Waals surface area (Å²) in [6, 6.07) is 0. The quantitative estimate of drug-likeness (QED) is 0.695. The third-order valence-corrected chi connectivity index (χ3v) is 2.08. The van der Waals surface area contributed by atoms with E-state index in [1.54, 1.807) is 0 Å². The first-order chi connectivity index (χ1) is 6.40. The molecule has 1 aromatic heterocycles. The maximum absolute atomic E-state index is 4.35. The molecule has 1 saturated carbocycles. The Bertz CT molecular complexity index is 237. The Labute approximate surface area is 80.4 Å². The molecule has 1 aliphatic carbocycles. The molecule has 1 heterocycles. The van der Waals surface area contributed by atoms with Gasteiger partial charge < -0.3 is 0 Å². The summed E-state index contributed by atoms with van der Waals surface area (Å²) in [6.45, 7) is 6.10. The van der Waals surface area contributed by atoms with Crippen LogP contribution < -0.4 is 0 Å². The molecule has 1 aromatic rings. The second-order valence-corrected chi connectivity index (χ2v) is 3.06. The maximum atomic E-state index is 4.35. The monoisotopic (exact) mass is 178 g/mol. The van der Waals surface area contributed by atoms with Gasteiger partial charge in [0.1, 0.15) is 0 Å². The summed E-state index contributed by atoms with van der Waals surface area (Å²) in [7, 11) is 0. The van der Waals surface area contributed by atoms with Crippen LogP contribution >= 0.6 is 0 Å². The first-order valence-corrected chi connectivity index (χ1v) is 5.21. The number of aryl methyl sites for hydroxylation is 1.